The van der Waals surface area contributed by atoms with Gasteiger partial charge in [0.15, 0.2) is 0 Å². The number of hydrogen-bond donors (Lipinski definition) is 1. The maximum absolute atomic E-state index is 11.9. The van der Waals surface area contributed by atoms with Crippen molar-refractivity contribution in [3.8, 4) is 0 Å². The number of carbonyl (C=O) groups excluding carboxylic acids is 1. The van der Waals surface area contributed by atoms with E-state index in [0.29, 0.717) is 19.1 Å². The van der Waals surface area contributed by atoms with E-state index in [2.05, 4.69) is 10.2 Å². The van der Waals surface area contributed by atoms with Gasteiger partial charge >= 0.3 is 5.97 Å². The lowest BCUT2D eigenvalue weighted by Crippen LogP contribution is -2.56. The monoisotopic (exact) mass is 256 g/mol. The fourth-order valence-electron chi connectivity index (χ4n) is 2.70. The van der Waals surface area contributed by atoms with Crippen molar-refractivity contribution in [1.82, 2.24) is 10.2 Å². The average Bonchev–Trinajstić information content (AvgIpc) is 2.41. The minimum atomic E-state index is -0.110. The van der Waals surface area contributed by atoms with Crippen molar-refractivity contribution >= 4 is 5.97 Å². The standard InChI is InChI=1S/C13H24N2O3/c1-2-18-13(16)12-9-14-5-6-15(12)10-11-3-7-17-8-4-11/h11-12,14H,2-10H2,1H3. The van der Waals surface area contributed by atoms with Crippen molar-refractivity contribution in [3.05, 3.63) is 0 Å². The summed E-state index contributed by atoms with van der Waals surface area (Å²) in [7, 11) is 0. The summed E-state index contributed by atoms with van der Waals surface area (Å²) in [5, 5.41) is 3.27. The van der Waals surface area contributed by atoms with Gasteiger partial charge in [-0.15, -0.1) is 0 Å². The highest BCUT2D eigenvalue weighted by Crippen LogP contribution is 2.18. The maximum Gasteiger partial charge on any atom is 0.324 e. The molecule has 18 heavy (non-hydrogen) atoms. The first kappa shape index (κ1) is 13.8. The Kier molecular flexibility index (Phi) is 5.41. The van der Waals surface area contributed by atoms with Gasteiger partial charge in [0, 0.05) is 39.4 Å². The molecule has 5 nitrogen and oxygen atoms in total. The van der Waals surface area contributed by atoms with Crippen LogP contribution in [0.15, 0.2) is 0 Å². The van der Waals surface area contributed by atoms with Gasteiger partial charge in [0.05, 0.1) is 6.61 Å². The second-order valence-electron chi connectivity index (χ2n) is 5.02. The molecule has 0 aromatic rings. The van der Waals surface area contributed by atoms with Crippen molar-refractivity contribution in [2.45, 2.75) is 25.8 Å². The van der Waals surface area contributed by atoms with Crippen LogP contribution in [-0.2, 0) is 14.3 Å². The number of esters is 1. The van der Waals surface area contributed by atoms with Gasteiger partial charge in [-0.05, 0) is 25.7 Å². The summed E-state index contributed by atoms with van der Waals surface area (Å²) < 4.78 is 10.5. The van der Waals surface area contributed by atoms with Crippen LogP contribution in [0.3, 0.4) is 0 Å². The summed E-state index contributed by atoms with van der Waals surface area (Å²) in [6.45, 7) is 7.63. The van der Waals surface area contributed by atoms with Crippen molar-refractivity contribution < 1.29 is 14.3 Å². The molecule has 2 saturated heterocycles. The zero-order chi connectivity index (χ0) is 12.8. The predicted molar refractivity (Wildman–Crippen MR) is 68.4 cm³/mol. The molecule has 0 amide bonds. The molecule has 2 fully saturated rings. The Morgan fingerprint density at radius 3 is 2.94 bits per heavy atom. The summed E-state index contributed by atoms with van der Waals surface area (Å²) in [4.78, 5) is 14.2. The lowest BCUT2D eigenvalue weighted by Gasteiger charge is -2.37. The van der Waals surface area contributed by atoms with Crippen molar-refractivity contribution in [2.24, 2.45) is 5.92 Å². The molecule has 0 aliphatic carbocycles. The first-order valence-corrected chi connectivity index (χ1v) is 7.00. The summed E-state index contributed by atoms with van der Waals surface area (Å²) in [5.74, 6) is 0.575. The molecule has 0 aromatic carbocycles. The van der Waals surface area contributed by atoms with Gasteiger partial charge in [-0.1, -0.05) is 0 Å². The normalized spacial score (nSPS) is 27.1. The van der Waals surface area contributed by atoms with E-state index in [0.717, 1.165) is 45.7 Å². The first-order chi connectivity index (χ1) is 8.81. The number of ether oxygens (including phenoxy) is 2. The second-order valence-corrected chi connectivity index (χ2v) is 5.02. The van der Waals surface area contributed by atoms with E-state index in [1.807, 2.05) is 6.92 Å². The van der Waals surface area contributed by atoms with E-state index in [1.54, 1.807) is 0 Å². The van der Waals surface area contributed by atoms with Gasteiger partial charge in [0.2, 0.25) is 0 Å². The van der Waals surface area contributed by atoms with Crippen LogP contribution in [-0.4, -0.2) is 62.9 Å². The molecule has 0 aromatic heterocycles. The Balaban J connectivity index is 1.88. The highest BCUT2D eigenvalue weighted by atomic mass is 16.5. The third-order valence-corrected chi connectivity index (χ3v) is 3.75. The molecule has 2 aliphatic rings. The van der Waals surface area contributed by atoms with Gasteiger partial charge in [0.1, 0.15) is 6.04 Å². The van der Waals surface area contributed by atoms with Crippen LogP contribution in [0.25, 0.3) is 0 Å². The minimum absolute atomic E-state index is 0.0863. The lowest BCUT2D eigenvalue weighted by atomic mass is 9.98. The molecule has 0 saturated carbocycles. The number of carbonyl (C=O) groups is 1. The quantitative estimate of drug-likeness (QED) is 0.731. The zero-order valence-electron chi connectivity index (χ0n) is 11.2. The Morgan fingerprint density at radius 2 is 2.22 bits per heavy atom. The predicted octanol–water partition coefficient (Wildman–Crippen LogP) is 0.250. The molecule has 2 aliphatic heterocycles. The minimum Gasteiger partial charge on any atom is -0.465 e. The molecule has 1 atom stereocenters. The van der Waals surface area contributed by atoms with Crippen LogP contribution in [0.5, 0.6) is 0 Å². The van der Waals surface area contributed by atoms with E-state index in [4.69, 9.17) is 9.47 Å². The van der Waals surface area contributed by atoms with E-state index >= 15 is 0 Å². The number of piperazine rings is 1. The SMILES string of the molecule is CCOC(=O)C1CNCCN1CC1CCOCC1. The zero-order valence-corrected chi connectivity index (χ0v) is 11.2. The highest BCUT2D eigenvalue weighted by molar-refractivity contribution is 5.76. The van der Waals surface area contributed by atoms with E-state index in [1.165, 1.54) is 0 Å². The van der Waals surface area contributed by atoms with Crippen molar-refractivity contribution in [2.75, 3.05) is 46.0 Å². The van der Waals surface area contributed by atoms with Crippen LogP contribution in [0.2, 0.25) is 0 Å². The molecule has 1 unspecified atom stereocenters. The molecule has 104 valence electrons. The number of rotatable bonds is 4. The summed E-state index contributed by atoms with van der Waals surface area (Å²) >= 11 is 0. The summed E-state index contributed by atoms with van der Waals surface area (Å²) in [6, 6.07) is -0.110. The molecule has 5 heteroatoms. The van der Waals surface area contributed by atoms with E-state index in [9.17, 15) is 4.79 Å². The van der Waals surface area contributed by atoms with E-state index < -0.39 is 0 Å². The van der Waals surface area contributed by atoms with Crippen molar-refractivity contribution in [1.29, 1.82) is 0 Å². The van der Waals surface area contributed by atoms with Crippen LogP contribution in [0.4, 0.5) is 0 Å². The van der Waals surface area contributed by atoms with Crippen LogP contribution < -0.4 is 5.32 Å². The molecule has 0 spiro atoms. The maximum atomic E-state index is 11.9. The second kappa shape index (κ2) is 7.07. The van der Waals surface area contributed by atoms with Crippen LogP contribution in [0, 0.1) is 5.92 Å². The summed E-state index contributed by atoms with van der Waals surface area (Å²) in [5.41, 5.74) is 0. The van der Waals surface area contributed by atoms with E-state index in [-0.39, 0.29) is 12.0 Å². The molecule has 1 N–H and O–H groups in total. The number of hydrogen-bond acceptors (Lipinski definition) is 5. The first-order valence-electron chi connectivity index (χ1n) is 7.00. The molecular formula is C13H24N2O3. The van der Waals surface area contributed by atoms with Crippen molar-refractivity contribution in [3.63, 3.8) is 0 Å². The highest BCUT2D eigenvalue weighted by Gasteiger charge is 2.31. The van der Waals surface area contributed by atoms with Crippen LogP contribution >= 0.6 is 0 Å². The van der Waals surface area contributed by atoms with Gasteiger partial charge in [0.25, 0.3) is 0 Å². The van der Waals surface area contributed by atoms with Gasteiger partial charge < -0.3 is 14.8 Å². The molecule has 2 rings (SSSR count). The lowest BCUT2D eigenvalue weighted by molar-refractivity contribution is -0.150. The smallest absolute Gasteiger partial charge is 0.324 e. The molecule has 2 heterocycles. The Hall–Kier alpha value is -0.650. The Morgan fingerprint density at radius 1 is 1.44 bits per heavy atom. The number of nitrogens with one attached hydrogen (secondary N) is 1. The third-order valence-electron chi connectivity index (χ3n) is 3.75. The largest absolute Gasteiger partial charge is 0.465 e. The van der Waals surface area contributed by atoms with Gasteiger partial charge in [-0.25, -0.2) is 0 Å². The van der Waals surface area contributed by atoms with Gasteiger partial charge in [-0.2, -0.15) is 0 Å². The topological polar surface area (TPSA) is 50.8 Å². The van der Waals surface area contributed by atoms with Crippen LogP contribution in [0.1, 0.15) is 19.8 Å². The fourth-order valence-corrected chi connectivity index (χ4v) is 2.70. The third kappa shape index (κ3) is 3.67. The fraction of sp³-hybridized carbons (Fsp3) is 0.923. The Bertz CT molecular complexity index is 267. The molecule has 0 bridgehead atoms. The average molecular weight is 256 g/mol. The molecular weight excluding hydrogens is 232 g/mol. The molecule has 0 radical (unpaired) electrons. The van der Waals surface area contributed by atoms with Gasteiger partial charge in [-0.3, -0.25) is 9.69 Å². The number of nitrogens with zero attached hydrogens (tertiary/aromatic N) is 1. The Labute approximate surface area is 109 Å². The summed E-state index contributed by atoms with van der Waals surface area (Å²) in [6.07, 6.45) is 2.22.